The molecule has 3 aromatic rings. The van der Waals surface area contributed by atoms with Crippen LogP contribution in [0.15, 0.2) is 42.6 Å². The minimum absolute atomic E-state index is 0.0829. The predicted octanol–water partition coefficient (Wildman–Crippen LogP) is 3.24. The number of hydrogen-bond acceptors (Lipinski definition) is 5. The van der Waals surface area contributed by atoms with Gasteiger partial charge in [0.2, 0.25) is 0 Å². The minimum Gasteiger partial charge on any atom is -0.462 e. The van der Waals surface area contributed by atoms with E-state index >= 15 is 0 Å². The van der Waals surface area contributed by atoms with Crippen LogP contribution in [0.2, 0.25) is 0 Å². The van der Waals surface area contributed by atoms with Gasteiger partial charge in [-0.25, -0.2) is 4.79 Å². The lowest BCUT2D eigenvalue weighted by molar-refractivity contribution is 0.0526. The van der Waals surface area contributed by atoms with Crippen molar-refractivity contribution in [2.24, 2.45) is 7.05 Å². The molecule has 0 fully saturated rings. The number of esters is 1. The highest BCUT2D eigenvalue weighted by Gasteiger charge is 2.15. The third kappa shape index (κ3) is 3.92. The van der Waals surface area contributed by atoms with Crippen LogP contribution in [0, 0.1) is 0 Å². The zero-order valence-corrected chi connectivity index (χ0v) is 15.7. The topological polar surface area (TPSA) is 73.7 Å². The molecule has 0 N–H and O–H groups in total. The van der Waals surface area contributed by atoms with Crippen molar-refractivity contribution in [3.8, 4) is 11.5 Å². The maximum Gasteiger partial charge on any atom is 0.338 e. The van der Waals surface area contributed by atoms with Crippen molar-refractivity contribution in [2.45, 2.75) is 6.92 Å². The van der Waals surface area contributed by atoms with Gasteiger partial charge >= 0.3 is 5.97 Å². The van der Waals surface area contributed by atoms with Crippen LogP contribution in [0.4, 0.5) is 0 Å². The summed E-state index contributed by atoms with van der Waals surface area (Å²) in [5, 5.41) is 5.13. The molecule has 2 aromatic carbocycles. The second-order valence-corrected chi connectivity index (χ2v) is 6.26. The van der Waals surface area contributed by atoms with Gasteiger partial charge in [-0.15, -0.1) is 0 Å². The van der Waals surface area contributed by atoms with E-state index in [0.717, 1.165) is 5.39 Å². The molecule has 0 aliphatic heterocycles. The Balaban J connectivity index is 1.95. The van der Waals surface area contributed by atoms with Gasteiger partial charge in [-0.3, -0.25) is 9.48 Å². The monoisotopic (exact) mass is 367 g/mol. The van der Waals surface area contributed by atoms with Crippen molar-refractivity contribution < 1.29 is 19.1 Å². The molecule has 0 atom stereocenters. The Morgan fingerprint density at radius 3 is 2.44 bits per heavy atom. The number of carbonyl (C=O) groups is 2. The van der Waals surface area contributed by atoms with Gasteiger partial charge in [0.15, 0.2) is 0 Å². The maximum absolute atomic E-state index is 12.1. The number of amides is 1. The minimum atomic E-state index is -0.429. The standard InChI is InChI=1S/C20H21N3O4/c1-5-26-20(25)14-10-17-16(12-23(4)21-17)18(11-14)27-15-8-6-13(7-9-15)19(24)22(2)3/h6-12H,5H2,1-4H3. The Bertz CT molecular complexity index is 990. The van der Waals surface area contributed by atoms with E-state index in [2.05, 4.69) is 5.10 Å². The number of carbonyl (C=O) groups excluding carboxylic acids is 2. The fourth-order valence-corrected chi connectivity index (χ4v) is 2.68. The van der Waals surface area contributed by atoms with Gasteiger partial charge in [-0.05, 0) is 43.3 Å². The van der Waals surface area contributed by atoms with Crippen LogP contribution < -0.4 is 4.74 Å². The molecule has 1 amide bonds. The van der Waals surface area contributed by atoms with Gasteiger partial charge in [0.25, 0.3) is 5.91 Å². The Kier molecular flexibility index (Phi) is 5.12. The summed E-state index contributed by atoms with van der Waals surface area (Å²) in [6.07, 6.45) is 1.82. The van der Waals surface area contributed by atoms with E-state index < -0.39 is 5.97 Å². The zero-order valence-electron chi connectivity index (χ0n) is 15.7. The van der Waals surface area contributed by atoms with Crippen molar-refractivity contribution in [1.29, 1.82) is 0 Å². The number of aryl methyl sites for hydroxylation is 1. The molecule has 7 heteroatoms. The lowest BCUT2D eigenvalue weighted by Crippen LogP contribution is -2.21. The first kappa shape index (κ1) is 18.4. The smallest absolute Gasteiger partial charge is 0.338 e. The summed E-state index contributed by atoms with van der Waals surface area (Å²) in [6.45, 7) is 2.04. The van der Waals surface area contributed by atoms with Gasteiger partial charge < -0.3 is 14.4 Å². The molecular formula is C20H21N3O4. The summed E-state index contributed by atoms with van der Waals surface area (Å²) in [4.78, 5) is 25.6. The van der Waals surface area contributed by atoms with Crippen LogP contribution in [0.5, 0.6) is 11.5 Å². The van der Waals surface area contributed by atoms with Crippen molar-refractivity contribution in [2.75, 3.05) is 20.7 Å². The largest absolute Gasteiger partial charge is 0.462 e. The molecule has 27 heavy (non-hydrogen) atoms. The summed E-state index contributed by atoms with van der Waals surface area (Å²) < 4.78 is 12.7. The highest BCUT2D eigenvalue weighted by atomic mass is 16.5. The quantitative estimate of drug-likeness (QED) is 0.647. The summed E-state index contributed by atoms with van der Waals surface area (Å²) >= 11 is 0. The molecule has 0 unspecified atom stereocenters. The summed E-state index contributed by atoms with van der Waals surface area (Å²) in [5.74, 6) is 0.536. The summed E-state index contributed by atoms with van der Waals surface area (Å²) in [7, 11) is 5.20. The molecule has 0 aliphatic rings. The SMILES string of the molecule is CCOC(=O)c1cc(Oc2ccc(C(=O)N(C)C)cc2)c2cn(C)nc2c1. The number of nitrogens with zero attached hydrogens (tertiary/aromatic N) is 3. The summed E-state index contributed by atoms with van der Waals surface area (Å²) in [6, 6.07) is 10.2. The number of fused-ring (bicyclic) bond motifs is 1. The van der Waals surface area contributed by atoms with E-state index in [-0.39, 0.29) is 12.5 Å². The Morgan fingerprint density at radius 2 is 1.81 bits per heavy atom. The van der Waals surface area contributed by atoms with E-state index in [0.29, 0.717) is 28.1 Å². The average Bonchev–Trinajstić information content (AvgIpc) is 3.02. The van der Waals surface area contributed by atoms with Crippen LogP contribution in [-0.4, -0.2) is 47.3 Å². The van der Waals surface area contributed by atoms with E-state index in [1.54, 1.807) is 69.1 Å². The number of ether oxygens (including phenoxy) is 2. The van der Waals surface area contributed by atoms with Gasteiger partial charge in [0, 0.05) is 32.9 Å². The van der Waals surface area contributed by atoms with Crippen LogP contribution in [0.1, 0.15) is 27.6 Å². The Morgan fingerprint density at radius 1 is 1.11 bits per heavy atom. The maximum atomic E-state index is 12.1. The molecule has 0 aliphatic carbocycles. The molecule has 0 saturated carbocycles. The first-order valence-electron chi connectivity index (χ1n) is 8.53. The van der Waals surface area contributed by atoms with Crippen LogP contribution in [-0.2, 0) is 11.8 Å². The fourth-order valence-electron chi connectivity index (χ4n) is 2.68. The lowest BCUT2D eigenvalue weighted by Gasteiger charge is -2.12. The third-order valence-corrected chi connectivity index (χ3v) is 3.95. The van der Waals surface area contributed by atoms with Gasteiger partial charge in [0.1, 0.15) is 11.5 Å². The van der Waals surface area contributed by atoms with E-state index in [9.17, 15) is 9.59 Å². The van der Waals surface area contributed by atoms with Crippen molar-refractivity contribution in [3.05, 3.63) is 53.7 Å². The Labute approximate surface area is 157 Å². The van der Waals surface area contributed by atoms with Crippen molar-refractivity contribution >= 4 is 22.8 Å². The second kappa shape index (κ2) is 7.49. The number of aromatic nitrogens is 2. The normalized spacial score (nSPS) is 10.7. The molecule has 1 aromatic heterocycles. The molecule has 0 saturated heterocycles. The molecule has 140 valence electrons. The fraction of sp³-hybridized carbons (Fsp3) is 0.250. The predicted molar refractivity (Wildman–Crippen MR) is 101 cm³/mol. The molecule has 0 radical (unpaired) electrons. The second-order valence-electron chi connectivity index (χ2n) is 6.26. The van der Waals surface area contributed by atoms with Crippen molar-refractivity contribution in [3.63, 3.8) is 0 Å². The lowest BCUT2D eigenvalue weighted by atomic mass is 10.1. The number of benzene rings is 2. The zero-order chi connectivity index (χ0) is 19.6. The van der Waals surface area contributed by atoms with E-state index in [1.165, 1.54) is 4.90 Å². The molecule has 0 bridgehead atoms. The molecule has 7 nitrogen and oxygen atoms in total. The molecular weight excluding hydrogens is 346 g/mol. The van der Waals surface area contributed by atoms with E-state index in [4.69, 9.17) is 9.47 Å². The number of rotatable bonds is 5. The van der Waals surface area contributed by atoms with Gasteiger partial charge in [-0.2, -0.15) is 5.10 Å². The first-order chi connectivity index (χ1) is 12.9. The summed E-state index contributed by atoms with van der Waals surface area (Å²) in [5.41, 5.74) is 1.58. The van der Waals surface area contributed by atoms with Crippen molar-refractivity contribution in [1.82, 2.24) is 14.7 Å². The average molecular weight is 367 g/mol. The van der Waals surface area contributed by atoms with Gasteiger partial charge in [-0.1, -0.05) is 0 Å². The highest BCUT2D eigenvalue weighted by molar-refractivity contribution is 5.97. The van der Waals surface area contributed by atoms with Crippen LogP contribution in [0.25, 0.3) is 10.9 Å². The van der Waals surface area contributed by atoms with Gasteiger partial charge in [0.05, 0.1) is 23.1 Å². The molecule has 0 spiro atoms. The molecule has 3 rings (SSSR count). The molecule has 1 heterocycles. The Hall–Kier alpha value is -3.35. The van der Waals surface area contributed by atoms with Crippen LogP contribution in [0.3, 0.4) is 0 Å². The van der Waals surface area contributed by atoms with E-state index in [1.807, 2.05) is 6.20 Å². The highest BCUT2D eigenvalue weighted by Crippen LogP contribution is 2.31. The first-order valence-corrected chi connectivity index (χ1v) is 8.53. The third-order valence-electron chi connectivity index (χ3n) is 3.95. The van der Waals surface area contributed by atoms with Crippen LogP contribution >= 0.6 is 0 Å². The number of hydrogen-bond donors (Lipinski definition) is 0.